The number of amides is 2. The van der Waals surface area contributed by atoms with Crippen LogP contribution in [0.4, 0.5) is 0 Å². The van der Waals surface area contributed by atoms with E-state index in [1.807, 2.05) is 42.0 Å². The lowest BCUT2D eigenvalue weighted by Gasteiger charge is -2.34. The molecule has 0 N–H and O–H groups in total. The topological polar surface area (TPSA) is 49.9 Å². The zero-order valence-corrected chi connectivity index (χ0v) is 19.0. The van der Waals surface area contributed by atoms with Crippen LogP contribution in [0.2, 0.25) is 0 Å². The van der Waals surface area contributed by atoms with E-state index in [1.54, 1.807) is 0 Å². The Kier molecular flexibility index (Phi) is 8.12. The fourth-order valence-corrected chi connectivity index (χ4v) is 3.71. The number of unbranched alkanes of at least 4 members (excludes halogenated alkanes) is 1. The van der Waals surface area contributed by atoms with Gasteiger partial charge < -0.3 is 14.5 Å². The van der Waals surface area contributed by atoms with Gasteiger partial charge in [-0.1, -0.05) is 46.2 Å². The van der Waals surface area contributed by atoms with Gasteiger partial charge in [0, 0.05) is 32.6 Å². The Morgan fingerprint density at radius 3 is 2.48 bits per heavy atom. The second kappa shape index (κ2) is 10.1. The van der Waals surface area contributed by atoms with Crippen LogP contribution in [0.15, 0.2) is 24.3 Å². The van der Waals surface area contributed by atoms with Gasteiger partial charge in [0.15, 0.2) is 6.10 Å². The predicted octanol–water partition coefficient (Wildman–Crippen LogP) is 4.25. The second-order valence-corrected chi connectivity index (χ2v) is 9.25. The van der Waals surface area contributed by atoms with Crippen molar-refractivity contribution >= 4 is 11.8 Å². The molecule has 1 heterocycles. The molecule has 2 rings (SSSR count). The van der Waals surface area contributed by atoms with Gasteiger partial charge in [-0.3, -0.25) is 9.59 Å². The summed E-state index contributed by atoms with van der Waals surface area (Å²) in [6.45, 7) is 12.5. The molecule has 162 valence electrons. The molecule has 5 heteroatoms. The van der Waals surface area contributed by atoms with E-state index in [9.17, 15) is 9.59 Å². The van der Waals surface area contributed by atoms with E-state index >= 15 is 0 Å². The summed E-state index contributed by atoms with van der Waals surface area (Å²) in [4.78, 5) is 29.1. The molecule has 1 aromatic carbocycles. The highest BCUT2D eigenvalue weighted by molar-refractivity contribution is 5.82. The van der Waals surface area contributed by atoms with Gasteiger partial charge in [-0.15, -0.1) is 0 Å². The van der Waals surface area contributed by atoms with Crippen LogP contribution in [0.5, 0.6) is 5.75 Å². The minimum atomic E-state index is -0.537. The molecule has 1 fully saturated rings. The zero-order valence-electron chi connectivity index (χ0n) is 19.0. The molecule has 0 aliphatic carbocycles. The van der Waals surface area contributed by atoms with Gasteiger partial charge in [0.05, 0.1) is 0 Å². The van der Waals surface area contributed by atoms with Gasteiger partial charge >= 0.3 is 0 Å². The van der Waals surface area contributed by atoms with E-state index in [-0.39, 0.29) is 23.1 Å². The van der Waals surface area contributed by atoms with Crippen molar-refractivity contribution in [1.82, 2.24) is 9.80 Å². The third-order valence-electron chi connectivity index (χ3n) is 5.74. The maximum atomic E-state index is 12.8. The third-order valence-corrected chi connectivity index (χ3v) is 5.74. The van der Waals surface area contributed by atoms with E-state index < -0.39 is 6.10 Å². The molecule has 1 aliphatic rings. The normalized spacial score (nSPS) is 16.4. The zero-order chi connectivity index (χ0) is 21.6. The monoisotopic (exact) mass is 402 g/mol. The number of nitrogens with zero attached hydrogens (tertiary/aromatic N) is 2. The highest BCUT2D eigenvalue weighted by Crippen LogP contribution is 2.26. The smallest absolute Gasteiger partial charge is 0.263 e. The first-order valence-corrected chi connectivity index (χ1v) is 10.9. The lowest BCUT2D eigenvalue weighted by molar-refractivity contribution is -0.143. The molecule has 1 unspecified atom stereocenters. The Morgan fingerprint density at radius 2 is 1.90 bits per heavy atom. The van der Waals surface area contributed by atoms with Crippen molar-refractivity contribution in [3.05, 3.63) is 29.8 Å². The summed E-state index contributed by atoms with van der Waals surface area (Å²) in [6, 6.07) is 7.97. The van der Waals surface area contributed by atoms with E-state index in [1.165, 1.54) is 5.56 Å². The molecule has 0 spiro atoms. The maximum absolute atomic E-state index is 12.8. The number of hydrogen-bond donors (Lipinski definition) is 0. The van der Waals surface area contributed by atoms with E-state index in [4.69, 9.17) is 4.74 Å². The Balaban J connectivity index is 1.88. The minimum Gasteiger partial charge on any atom is -0.481 e. The largest absolute Gasteiger partial charge is 0.481 e. The van der Waals surface area contributed by atoms with Crippen molar-refractivity contribution in [2.75, 3.05) is 26.7 Å². The molecule has 0 saturated carbocycles. The molecule has 0 radical (unpaired) electrons. The lowest BCUT2D eigenvalue weighted by Crippen LogP contribution is -2.47. The quantitative estimate of drug-likeness (QED) is 0.685. The summed E-state index contributed by atoms with van der Waals surface area (Å²) in [5.41, 5.74) is 1.21. The van der Waals surface area contributed by atoms with Crippen molar-refractivity contribution in [2.45, 2.75) is 71.8 Å². The van der Waals surface area contributed by atoms with E-state index in [0.29, 0.717) is 13.1 Å². The van der Waals surface area contributed by atoms with Gasteiger partial charge in [-0.05, 0) is 49.3 Å². The number of hydrogen-bond acceptors (Lipinski definition) is 3. The van der Waals surface area contributed by atoms with E-state index in [2.05, 4.69) is 33.8 Å². The van der Waals surface area contributed by atoms with Crippen LogP contribution < -0.4 is 4.74 Å². The highest BCUT2D eigenvalue weighted by Gasteiger charge is 2.31. The van der Waals surface area contributed by atoms with E-state index in [0.717, 1.165) is 38.0 Å². The molecule has 0 bridgehead atoms. The van der Waals surface area contributed by atoms with Gasteiger partial charge in [0.1, 0.15) is 5.75 Å². The van der Waals surface area contributed by atoms with Crippen LogP contribution in [0, 0.1) is 5.92 Å². The highest BCUT2D eigenvalue weighted by atomic mass is 16.5. The van der Waals surface area contributed by atoms with Crippen LogP contribution in [0.25, 0.3) is 0 Å². The number of carbonyl (C=O) groups is 2. The van der Waals surface area contributed by atoms with Crippen molar-refractivity contribution in [2.24, 2.45) is 5.92 Å². The van der Waals surface area contributed by atoms with Crippen molar-refractivity contribution < 1.29 is 14.3 Å². The van der Waals surface area contributed by atoms with Gasteiger partial charge in [0.25, 0.3) is 5.91 Å². The van der Waals surface area contributed by atoms with Crippen LogP contribution in [0.3, 0.4) is 0 Å². The van der Waals surface area contributed by atoms with Crippen LogP contribution >= 0.6 is 0 Å². The molecular weight excluding hydrogens is 364 g/mol. The summed E-state index contributed by atoms with van der Waals surface area (Å²) >= 11 is 0. The van der Waals surface area contributed by atoms with Crippen LogP contribution in [0.1, 0.15) is 65.9 Å². The Bertz CT molecular complexity index is 688. The minimum absolute atomic E-state index is 0.00333. The first-order chi connectivity index (χ1) is 13.6. The average molecular weight is 403 g/mol. The molecule has 0 aromatic heterocycles. The Morgan fingerprint density at radius 1 is 1.24 bits per heavy atom. The molecule has 1 aliphatic heterocycles. The van der Waals surface area contributed by atoms with Crippen molar-refractivity contribution in [3.63, 3.8) is 0 Å². The van der Waals surface area contributed by atoms with Gasteiger partial charge in [-0.2, -0.15) is 0 Å². The second-order valence-electron chi connectivity index (χ2n) is 9.25. The Labute approximate surface area is 176 Å². The summed E-state index contributed by atoms with van der Waals surface area (Å²) in [7, 11) is 1.89. The molecule has 5 nitrogen and oxygen atoms in total. The summed E-state index contributed by atoms with van der Waals surface area (Å²) < 4.78 is 5.96. The number of ether oxygens (including phenoxy) is 1. The number of rotatable bonds is 7. The van der Waals surface area contributed by atoms with Crippen LogP contribution in [-0.2, 0) is 15.0 Å². The number of likely N-dealkylation sites (tertiary alicyclic amines) is 1. The third kappa shape index (κ3) is 6.48. The first kappa shape index (κ1) is 23.2. The SMILES string of the molecule is CCCCN(C)C(=O)C1CCN(C(=O)C(C)Oc2cccc(C(C)(C)C)c2)CC1. The molecule has 29 heavy (non-hydrogen) atoms. The van der Waals surface area contributed by atoms with Crippen molar-refractivity contribution in [3.8, 4) is 5.75 Å². The average Bonchev–Trinajstić information content (AvgIpc) is 2.70. The van der Waals surface area contributed by atoms with Gasteiger partial charge in [-0.25, -0.2) is 0 Å². The summed E-state index contributed by atoms with van der Waals surface area (Å²) in [5, 5.41) is 0. The Hall–Kier alpha value is -2.04. The predicted molar refractivity (Wildman–Crippen MR) is 117 cm³/mol. The number of piperidine rings is 1. The molecule has 1 aromatic rings. The molecule has 2 amide bonds. The molecule has 1 saturated heterocycles. The number of carbonyl (C=O) groups excluding carboxylic acids is 2. The fourth-order valence-electron chi connectivity index (χ4n) is 3.71. The molecular formula is C24H38N2O3. The standard InChI is InChI=1S/C24H38N2O3/c1-7-8-14-25(6)23(28)19-12-15-26(16-13-19)22(27)18(2)29-21-11-9-10-20(17-21)24(3,4)5/h9-11,17-19H,7-8,12-16H2,1-6H3. The molecule has 1 atom stereocenters. The lowest BCUT2D eigenvalue weighted by atomic mass is 9.87. The number of benzene rings is 1. The summed E-state index contributed by atoms with van der Waals surface area (Å²) in [6.07, 6.45) is 3.04. The fraction of sp³-hybridized carbons (Fsp3) is 0.667. The van der Waals surface area contributed by atoms with Crippen molar-refractivity contribution in [1.29, 1.82) is 0 Å². The summed E-state index contributed by atoms with van der Waals surface area (Å²) in [5.74, 6) is 0.965. The maximum Gasteiger partial charge on any atom is 0.263 e. The van der Waals surface area contributed by atoms with Gasteiger partial charge in [0.2, 0.25) is 5.91 Å². The first-order valence-electron chi connectivity index (χ1n) is 10.9. The van der Waals surface area contributed by atoms with Crippen LogP contribution in [-0.4, -0.2) is 54.4 Å².